The van der Waals surface area contributed by atoms with E-state index in [1.807, 2.05) is 0 Å². The third kappa shape index (κ3) is 18.4. The molecule has 0 heterocycles. The number of hydrogen-bond acceptors (Lipinski definition) is 2. The fourth-order valence-electron chi connectivity index (χ4n) is 4.26. The Labute approximate surface area is 187 Å². The minimum atomic E-state index is 0. The third-order valence-corrected chi connectivity index (χ3v) is 6.12. The summed E-state index contributed by atoms with van der Waals surface area (Å²) in [5, 5.41) is 19.1. The minimum Gasteiger partial charge on any atom is -1.00 e. The van der Waals surface area contributed by atoms with Crippen LogP contribution < -0.4 is 17.0 Å². The van der Waals surface area contributed by atoms with Gasteiger partial charge in [0.05, 0.1) is 26.3 Å². The molecule has 0 unspecified atom stereocenters. The monoisotopic (exact) mass is 465 g/mol. The van der Waals surface area contributed by atoms with Crippen LogP contribution >= 0.6 is 0 Å². The molecule has 0 amide bonds. The van der Waals surface area contributed by atoms with Crippen LogP contribution in [-0.2, 0) is 0 Å². The molecule has 0 saturated heterocycles. The maximum absolute atomic E-state index is 9.57. The minimum absolute atomic E-state index is 0. The smallest absolute Gasteiger partial charge is 0.102 e. The second-order valence-corrected chi connectivity index (χ2v) is 8.63. The Morgan fingerprint density at radius 3 is 1.00 bits per heavy atom. The van der Waals surface area contributed by atoms with Crippen LogP contribution in [0.1, 0.15) is 117 Å². The summed E-state index contributed by atoms with van der Waals surface area (Å²) in [5.41, 5.74) is 0. The molecular weight excluding hydrogens is 414 g/mol. The van der Waals surface area contributed by atoms with Gasteiger partial charge in [-0.2, -0.15) is 0 Å². The number of hydrogen-bond donors (Lipinski definition) is 2. The summed E-state index contributed by atoms with van der Waals surface area (Å²) in [5.74, 6) is 0. The van der Waals surface area contributed by atoms with E-state index in [0.29, 0.717) is 0 Å². The van der Waals surface area contributed by atoms with Crippen LogP contribution in [-0.4, -0.2) is 54.1 Å². The van der Waals surface area contributed by atoms with Crippen molar-refractivity contribution in [3.05, 3.63) is 0 Å². The maximum Gasteiger partial charge on any atom is 0.102 e. The van der Waals surface area contributed by atoms with E-state index in [4.69, 9.17) is 0 Å². The SMILES string of the molecule is CCCCCCCCCCCC[N+](CCO)(CCO)CCCCCCCC.[Br-]. The summed E-state index contributed by atoms with van der Waals surface area (Å²) in [6.07, 6.45) is 21.5. The third-order valence-electron chi connectivity index (χ3n) is 6.12. The molecule has 2 N–H and O–H groups in total. The van der Waals surface area contributed by atoms with Gasteiger partial charge in [-0.25, -0.2) is 0 Å². The Morgan fingerprint density at radius 1 is 0.429 bits per heavy atom. The lowest BCUT2D eigenvalue weighted by Crippen LogP contribution is -3.00. The number of quaternary nitrogens is 1. The highest BCUT2D eigenvalue weighted by molar-refractivity contribution is 4.52. The zero-order valence-corrected chi connectivity index (χ0v) is 20.9. The molecule has 28 heavy (non-hydrogen) atoms. The first-order valence-electron chi connectivity index (χ1n) is 12.3. The van der Waals surface area contributed by atoms with Crippen molar-refractivity contribution in [2.24, 2.45) is 0 Å². The molecule has 0 aromatic heterocycles. The number of aliphatic hydroxyl groups excluding tert-OH is 2. The molecule has 0 rings (SSSR count). The van der Waals surface area contributed by atoms with E-state index in [2.05, 4.69) is 13.8 Å². The molecular formula is C24H52BrNO2. The van der Waals surface area contributed by atoms with E-state index >= 15 is 0 Å². The fourth-order valence-corrected chi connectivity index (χ4v) is 4.26. The zero-order chi connectivity index (χ0) is 20.1. The lowest BCUT2D eigenvalue weighted by atomic mass is 10.1. The second-order valence-electron chi connectivity index (χ2n) is 8.63. The van der Waals surface area contributed by atoms with Crippen LogP contribution in [0.5, 0.6) is 0 Å². The van der Waals surface area contributed by atoms with Crippen molar-refractivity contribution in [3.63, 3.8) is 0 Å². The number of nitrogens with zero attached hydrogens (tertiary/aromatic N) is 1. The van der Waals surface area contributed by atoms with Gasteiger partial charge < -0.3 is 31.7 Å². The van der Waals surface area contributed by atoms with Gasteiger partial charge in [0.1, 0.15) is 13.1 Å². The largest absolute Gasteiger partial charge is 1.00 e. The molecule has 0 aliphatic carbocycles. The van der Waals surface area contributed by atoms with Crippen molar-refractivity contribution >= 4 is 0 Å². The molecule has 0 aromatic carbocycles. The van der Waals surface area contributed by atoms with Gasteiger partial charge in [-0.3, -0.25) is 0 Å². The summed E-state index contributed by atoms with van der Waals surface area (Å²) in [4.78, 5) is 0. The summed E-state index contributed by atoms with van der Waals surface area (Å²) in [7, 11) is 0. The first-order chi connectivity index (χ1) is 13.2. The molecule has 0 radical (unpaired) electrons. The lowest BCUT2D eigenvalue weighted by molar-refractivity contribution is -0.929. The Morgan fingerprint density at radius 2 is 0.714 bits per heavy atom. The van der Waals surface area contributed by atoms with Gasteiger partial charge in [0.25, 0.3) is 0 Å². The topological polar surface area (TPSA) is 40.5 Å². The maximum atomic E-state index is 9.57. The molecule has 0 saturated carbocycles. The van der Waals surface area contributed by atoms with Gasteiger partial charge in [-0.05, 0) is 25.7 Å². The van der Waals surface area contributed by atoms with Crippen molar-refractivity contribution in [3.8, 4) is 0 Å². The Hall–Kier alpha value is 0.360. The van der Waals surface area contributed by atoms with Gasteiger partial charge in [-0.15, -0.1) is 0 Å². The summed E-state index contributed by atoms with van der Waals surface area (Å²) >= 11 is 0. The molecule has 4 heteroatoms. The van der Waals surface area contributed by atoms with Gasteiger partial charge in [0.15, 0.2) is 0 Å². The molecule has 3 nitrogen and oxygen atoms in total. The van der Waals surface area contributed by atoms with E-state index in [-0.39, 0.29) is 30.2 Å². The molecule has 0 fully saturated rings. The van der Waals surface area contributed by atoms with Crippen molar-refractivity contribution in [2.45, 2.75) is 117 Å². The van der Waals surface area contributed by atoms with Crippen LogP contribution in [0.25, 0.3) is 0 Å². The normalized spacial score (nSPS) is 11.6. The average Bonchev–Trinajstić information content (AvgIpc) is 2.66. The average molecular weight is 467 g/mol. The highest BCUT2D eigenvalue weighted by Crippen LogP contribution is 2.16. The fraction of sp³-hybridized carbons (Fsp3) is 1.00. The molecule has 0 atom stereocenters. The summed E-state index contributed by atoms with van der Waals surface area (Å²) in [6, 6.07) is 0. The molecule has 0 aromatic rings. The van der Waals surface area contributed by atoms with Crippen LogP contribution in [0.4, 0.5) is 0 Å². The van der Waals surface area contributed by atoms with Crippen LogP contribution in [0, 0.1) is 0 Å². The molecule has 0 aliphatic rings. The van der Waals surface area contributed by atoms with Crippen molar-refractivity contribution in [1.29, 1.82) is 0 Å². The Balaban J connectivity index is 0. The summed E-state index contributed by atoms with van der Waals surface area (Å²) < 4.78 is 0.928. The second kappa shape index (κ2) is 23.6. The van der Waals surface area contributed by atoms with Crippen molar-refractivity contribution in [2.75, 3.05) is 39.4 Å². The Kier molecular flexibility index (Phi) is 25.8. The van der Waals surface area contributed by atoms with Gasteiger partial charge in [-0.1, -0.05) is 90.9 Å². The first-order valence-corrected chi connectivity index (χ1v) is 12.3. The molecule has 0 spiro atoms. The molecule has 0 aliphatic heterocycles. The highest BCUT2D eigenvalue weighted by Gasteiger charge is 2.25. The predicted octanol–water partition coefficient (Wildman–Crippen LogP) is 3.07. The first kappa shape index (κ1) is 30.6. The van der Waals surface area contributed by atoms with Crippen molar-refractivity contribution < 1.29 is 31.7 Å². The van der Waals surface area contributed by atoms with E-state index in [9.17, 15) is 10.2 Å². The van der Waals surface area contributed by atoms with Crippen molar-refractivity contribution in [1.82, 2.24) is 0 Å². The van der Waals surface area contributed by atoms with E-state index < -0.39 is 0 Å². The predicted molar refractivity (Wildman–Crippen MR) is 119 cm³/mol. The number of aliphatic hydroxyl groups is 2. The Bertz CT molecular complexity index is 284. The lowest BCUT2D eigenvalue weighted by Gasteiger charge is -2.38. The quantitative estimate of drug-likeness (QED) is 0.190. The van der Waals surface area contributed by atoms with E-state index in [1.54, 1.807) is 0 Å². The van der Waals surface area contributed by atoms with E-state index in [1.165, 1.54) is 103 Å². The van der Waals surface area contributed by atoms with Gasteiger partial charge in [0, 0.05) is 0 Å². The zero-order valence-electron chi connectivity index (χ0n) is 19.3. The standard InChI is InChI=1S/C24H52NO2.BrH/c1-3-5-7-9-11-12-13-14-16-18-20-25(21-23-26,22-24-27)19-17-15-10-8-6-4-2;/h26-27H,3-24H2,1-2H3;1H/q+1;/p-1. The number of unbranched alkanes of at least 4 members (excludes halogenated alkanes) is 14. The van der Waals surface area contributed by atoms with E-state index in [0.717, 1.165) is 30.7 Å². The van der Waals surface area contributed by atoms with Crippen LogP contribution in [0.15, 0.2) is 0 Å². The number of rotatable bonds is 22. The van der Waals surface area contributed by atoms with Crippen LogP contribution in [0.3, 0.4) is 0 Å². The van der Waals surface area contributed by atoms with Gasteiger partial charge in [0.2, 0.25) is 0 Å². The number of halogens is 1. The highest BCUT2D eigenvalue weighted by atomic mass is 79.9. The van der Waals surface area contributed by atoms with Gasteiger partial charge >= 0.3 is 0 Å². The molecule has 172 valence electrons. The molecule has 0 bridgehead atoms. The van der Waals surface area contributed by atoms with Crippen LogP contribution in [0.2, 0.25) is 0 Å². The summed E-state index contributed by atoms with van der Waals surface area (Å²) in [6.45, 7) is 8.91.